The third-order valence-electron chi connectivity index (χ3n) is 4.30. The van der Waals surface area contributed by atoms with Crippen molar-refractivity contribution in [2.24, 2.45) is 0 Å². The van der Waals surface area contributed by atoms with E-state index in [-0.39, 0.29) is 0 Å². The van der Waals surface area contributed by atoms with E-state index in [1.165, 1.54) is 12.1 Å². The van der Waals surface area contributed by atoms with E-state index in [9.17, 15) is 0 Å². The summed E-state index contributed by atoms with van der Waals surface area (Å²) < 4.78 is 0.864. The fourth-order valence-corrected chi connectivity index (χ4v) is 3.59. The topological polar surface area (TPSA) is 54.8 Å². The molecular weight excluding hydrogens is 349 g/mol. The number of pyridine rings is 2. The molecule has 23 heavy (non-hydrogen) atoms. The molecule has 4 heterocycles. The van der Waals surface area contributed by atoms with Crippen molar-refractivity contribution in [3.05, 3.63) is 48.5 Å². The van der Waals surface area contributed by atoms with Gasteiger partial charge in [0.25, 0.3) is 0 Å². The Morgan fingerprint density at radius 1 is 1.09 bits per heavy atom. The van der Waals surface area contributed by atoms with Crippen LogP contribution in [0.5, 0.6) is 0 Å². The van der Waals surface area contributed by atoms with Gasteiger partial charge in [0, 0.05) is 0 Å². The molecule has 114 valence electrons. The Morgan fingerprint density at radius 2 is 2.04 bits per heavy atom. The molecule has 3 aromatic heterocycles. The molecule has 0 bridgehead atoms. The molecule has 1 atom stereocenters. The summed E-state index contributed by atoms with van der Waals surface area (Å²) in [5, 5.41) is 0. The van der Waals surface area contributed by atoms with E-state index >= 15 is 0 Å². The summed E-state index contributed by atoms with van der Waals surface area (Å²) >= 11 is 2.47. The molecule has 0 aromatic carbocycles. The summed E-state index contributed by atoms with van der Waals surface area (Å²) in [7, 11) is 0. The van der Waals surface area contributed by atoms with Crippen LogP contribution in [0, 0.1) is 0 Å². The number of hydrogen-bond acceptors (Lipinski definition) is 5. The van der Waals surface area contributed by atoms with E-state index in [0.717, 1.165) is 40.8 Å². The number of anilines is 1. The van der Waals surface area contributed by atoms with Crippen LogP contribution < -0.4 is 9.38 Å². The second-order valence-corrected chi connectivity index (χ2v) is 6.66. The fraction of sp³-hybridized carbons (Fsp3) is 0.294. The number of piperidine rings is 1. The van der Waals surface area contributed by atoms with Gasteiger partial charge < -0.3 is 0 Å². The summed E-state index contributed by atoms with van der Waals surface area (Å²) in [5.41, 5.74) is 2.93. The normalized spacial score (nSPS) is 18.3. The molecule has 4 rings (SSSR count). The van der Waals surface area contributed by atoms with Crippen molar-refractivity contribution in [1.29, 1.82) is 0 Å². The van der Waals surface area contributed by atoms with Gasteiger partial charge in [-0.15, -0.1) is 0 Å². The standard InChI is InChI=1S/C17H16AsN5/c18-17-16-14(20-11-21-17)6-7-15(22-16)23-9-3-4-12(10-23)13-5-1-2-8-19-13/h1-2,5-8,11-12H,3-4,9-10H2. The van der Waals surface area contributed by atoms with Crippen molar-refractivity contribution < 1.29 is 0 Å². The molecule has 1 fully saturated rings. The van der Waals surface area contributed by atoms with Crippen LogP contribution in [-0.2, 0) is 0 Å². The van der Waals surface area contributed by atoms with Crippen molar-refractivity contribution in [3.63, 3.8) is 0 Å². The van der Waals surface area contributed by atoms with Gasteiger partial charge in [0.15, 0.2) is 0 Å². The molecule has 3 aromatic rings. The molecule has 1 aliphatic rings. The summed E-state index contributed by atoms with van der Waals surface area (Å²) in [6, 6.07) is 10.2. The van der Waals surface area contributed by atoms with E-state index in [2.05, 4.69) is 54.9 Å². The Hall–Kier alpha value is -2.00. The van der Waals surface area contributed by atoms with Crippen LogP contribution in [0.1, 0.15) is 24.5 Å². The molecule has 0 amide bonds. The minimum absolute atomic E-state index is 0.464. The number of hydrogen-bond donors (Lipinski definition) is 0. The van der Waals surface area contributed by atoms with Gasteiger partial charge in [-0.1, -0.05) is 0 Å². The Balaban J connectivity index is 1.64. The Morgan fingerprint density at radius 3 is 2.91 bits per heavy atom. The molecular formula is C17H16AsN5. The summed E-state index contributed by atoms with van der Waals surface area (Å²) in [6.45, 7) is 1.99. The zero-order valence-corrected chi connectivity index (χ0v) is 14.5. The predicted octanol–water partition coefficient (Wildman–Crippen LogP) is 1.60. The van der Waals surface area contributed by atoms with Gasteiger partial charge >= 0.3 is 143 Å². The quantitative estimate of drug-likeness (QED) is 0.646. The van der Waals surface area contributed by atoms with Gasteiger partial charge in [0.05, 0.1) is 0 Å². The number of rotatable bonds is 2. The molecule has 5 nitrogen and oxygen atoms in total. The maximum atomic E-state index is 4.79. The van der Waals surface area contributed by atoms with Crippen LogP contribution in [0.4, 0.5) is 5.82 Å². The molecule has 0 saturated carbocycles. The zero-order valence-electron chi connectivity index (χ0n) is 12.6. The Labute approximate surface area is 143 Å². The molecule has 2 radical (unpaired) electrons. The Bertz CT molecular complexity index is 824. The second-order valence-electron chi connectivity index (χ2n) is 5.77. The van der Waals surface area contributed by atoms with Crippen molar-refractivity contribution in [2.45, 2.75) is 18.8 Å². The van der Waals surface area contributed by atoms with E-state index in [1.807, 2.05) is 18.3 Å². The molecule has 1 unspecified atom stereocenters. The monoisotopic (exact) mass is 365 g/mol. The summed E-state index contributed by atoms with van der Waals surface area (Å²) in [5.74, 6) is 1.46. The third-order valence-corrected chi connectivity index (χ3v) is 4.99. The van der Waals surface area contributed by atoms with E-state index < -0.39 is 0 Å². The molecule has 1 saturated heterocycles. The van der Waals surface area contributed by atoms with Crippen LogP contribution in [0.2, 0.25) is 0 Å². The van der Waals surface area contributed by atoms with Crippen molar-refractivity contribution >= 4 is 38.2 Å². The van der Waals surface area contributed by atoms with Crippen LogP contribution in [0.15, 0.2) is 42.9 Å². The molecule has 1 aliphatic heterocycles. The summed E-state index contributed by atoms with van der Waals surface area (Å²) in [4.78, 5) is 20.2. The maximum absolute atomic E-state index is 4.79. The minimum atomic E-state index is 0.464. The third kappa shape index (κ3) is 2.93. The molecule has 0 aliphatic carbocycles. The van der Waals surface area contributed by atoms with Gasteiger partial charge in [-0.25, -0.2) is 0 Å². The first-order chi connectivity index (χ1) is 11.3. The first-order valence-corrected chi connectivity index (χ1v) is 8.72. The van der Waals surface area contributed by atoms with E-state index in [1.54, 1.807) is 6.33 Å². The first-order valence-electron chi connectivity index (χ1n) is 7.78. The van der Waals surface area contributed by atoms with E-state index in [4.69, 9.17) is 4.98 Å². The van der Waals surface area contributed by atoms with Gasteiger partial charge in [-0.2, -0.15) is 0 Å². The molecule has 0 N–H and O–H groups in total. The zero-order chi connectivity index (χ0) is 15.6. The van der Waals surface area contributed by atoms with Crippen LogP contribution >= 0.6 is 0 Å². The average molecular weight is 365 g/mol. The van der Waals surface area contributed by atoms with Crippen molar-refractivity contribution in [1.82, 2.24) is 19.9 Å². The van der Waals surface area contributed by atoms with Gasteiger partial charge in [-0.3, -0.25) is 0 Å². The predicted molar refractivity (Wildman–Crippen MR) is 91.1 cm³/mol. The summed E-state index contributed by atoms with van der Waals surface area (Å²) in [6.07, 6.45) is 5.79. The molecule has 6 heteroatoms. The number of fused-ring (bicyclic) bond motifs is 1. The average Bonchev–Trinajstić information content (AvgIpc) is 2.63. The second kappa shape index (κ2) is 6.24. The van der Waals surface area contributed by atoms with E-state index in [0.29, 0.717) is 5.92 Å². The van der Waals surface area contributed by atoms with Crippen LogP contribution in [0.25, 0.3) is 11.0 Å². The van der Waals surface area contributed by atoms with Crippen molar-refractivity contribution in [3.8, 4) is 0 Å². The SMILES string of the molecule is [As]c1ncnc2ccc(N3CCCC(c4ccccn4)C3)nc12. The number of nitrogens with zero attached hydrogens (tertiary/aromatic N) is 5. The number of aromatic nitrogens is 4. The Kier molecular flexibility index (Phi) is 3.96. The molecule has 0 spiro atoms. The van der Waals surface area contributed by atoms with Gasteiger partial charge in [0.2, 0.25) is 0 Å². The van der Waals surface area contributed by atoms with Crippen LogP contribution in [0.3, 0.4) is 0 Å². The van der Waals surface area contributed by atoms with Crippen LogP contribution in [-0.4, -0.2) is 49.9 Å². The van der Waals surface area contributed by atoms with Crippen molar-refractivity contribution in [2.75, 3.05) is 18.0 Å². The van der Waals surface area contributed by atoms with Gasteiger partial charge in [0.1, 0.15) is 0 Å². The van der Waals surface area contributed by atoms with Gasteiger partial charge in [-0.05, 0) is 0 Å². The first kappa shape index (κ1) is 14.6. The fourth-order valence-electron chi connectivity index (χ4n) is 3.14.